The van der Waals surface area contributed by atoms with Gasteiger partial charge >= 0.3 is 0 Å². The topological polar surface area (TPSA) is 21.3 Å². The fourth-order valence-electron chi connectivity index (χ4n) is 1.30. The van der Waals surface area contributed by atoms with E-state index in [-0.39, 0.29) is 0 Å². The first kappa shape index (κ1) is 10.9. The molecule has 0 aliphatic carbocycles. The Morgan fingerprint density at radius 2 is 2.00 bits per heavy atom. The summed E-state index contributed by atoms with van der Waals surface area (Å²) in [5.41, 5.74) is 0. The predicted molar refractivity (Wildman–Crippen MR) is 48.8 cm³/mol. The molecule has 1 aliphatic rings. The second kappa shape index (κ2) is 6.62. The van der Waals surface area contributed by atoms with Gasteiger partial charge in [0, 0.05) is 13.2 Å². The van der Waals surface area contributed by atoms with E-state index in [4.69, 9.17) is 4.74 Å². The van der Waals surface area contributed by atoms with Gasteiger partial charge in [0.1, 0.15) is 0 Å². The van der Waals surface area contributed by atoms with Crippen molar-refractivity contribution in [2.24, 2.45) is 0 Å². The molecular formula is C9H21NO. The van der Waals surface area contributed by atoms with Gasteiger partial charge in [-0.05, 0) is 26.3 Å². The van der Waals surface area contributed by atoms with Crippen LogP contribution in [0.25, 0.3) is 0 Å². The van der Waals surface area contributed by atoms with Crippen LogP contribution in [0.5, 0.6) is 0 Å². The second-order valence-corrected chi connectivity index (χ2v) is 2.74. The third-order valence-corrected chi connectivity index (χ3v) is 1.91. The zero-order valence-corrected chi connectivity index (χ0v) is 8.18. The van der Waals surface area contributed by atoms with E-state index >= 15 is 0 Å². The Labute approximate surface area is 70.3 Å². The van der Waals surface area contributed by atoms with Crippen LogP contribution >= 0.6 is 0 Å². The number of methoxy groups -OCH3 is 1. The number of nitrogens with one attached hydrogen (secondary N) is 1. The van der Waals surface area contributed by atoms with Gasteiger partial charge in [0.05, 0.1) is 6.10 Å². The molecule has 0 aromatic carbocycles. The molecule has 0 spiro atoms. The van der Waals surface area contributed by atoms with E-state index < -0.39 is 0 Å². The largest absolute Gasteiger partial charge is 0.381 e. The first-order valence-electron chi connectivity index (χ1n) is 4.59. The maximum Gasteiger partial charge on any atom is 0.0598 e. The molecule has 1 N–H and O–H groups in total. The Bertz CT molecular complexity index is 85.6. The van der Waals surface area contributed by atoms with Crippen molar-refractivity contribution in [3.05, 3.63) is 0 Å². The smallest absolute Gasteiger partial charge is 0.0598 e. The second-order valence-electron chi connectivity index (χ2n) is 2.74. The lowest BCUT2D eigenvalue weighted by Crippen LogP contribution is -2.38. The fraction of sp³-hybridized carbons (Fsp3) is 1.00. The van der Waals surface area contributed by atoms with E-state index in [1.807, 2.05) is 13.8 Å². The average Bonchev–Trinajstić information content (AvgIpc) is 2.08. The van der Waals surface area contributed by atoms with Crippen LogP contribution in [0, 0.1) is 0 Å². The standard InChI is InChI=1S/C7H15NO.C2H6/c1-6-5-7(9-2)3-4-8-6;1-2/h6-8H,3-5H2,1-2H3;1-2H3/t6-,7-;/m1./s1. The average molecular weight is 159 g/mol. The van der Waals surface area contributed by atoms with Crippen LogP contribution in [0.4, 0.5) is 0 Å². The van der Waals surface area contributed by atoms with Crippen molar-refractivity contribution in [1.29, 1.82) is 0 Å². The molecule has 0 amide bonds. The van der Waals surface area contributed by atoms with E-state index in [0.717, 1.165) is 13.0 Å². The van der Waals surface area contributed by atoms with Crippen molar-refractivity contribution in [3.63, 3.8) is 0 Å². The lowest BCUT2D eigenvalue weighted by molar-refractivity contribution is 0.0647. The number of ether oxygens (including phenoxy) is 1. The molecule has 1 saturated heterocycles. The maximum absolute atomic E-state index is 5.22. The van der Waals surface area contributed by atoms with Gasteiger partial charge in [0.15, 0.2) is 0 Å². The van der Waals surface area contributed by atoms with Gasteiger partial charge < -0.3 is 10.1 Å². The molecule has 0 radical (unpaired) electrons. The molecule has 1 heterocycles. The molecule has 11 heavy (non-hydrogen) atoms. The summed E-state index contributed by atoms with van der Waals surface area (Å²) < 4.78 is 5.22. The normalized spacial score (nSPS) is 30.5. The quantitative estimate of drug-likeness (QED) is 0.630. The molecule has 0 unspecified atom stereocenters. The Hall–Kier alpha value is -0.0800. The van der Waals surface area contributed by atoms with Crippen LogP contribution in [0.15, 0.2) is 0 Å². The summed E-state index contributed by atoms with van der Waals surface area (Å²) in [6.45, 7) is 7.31. The minimum atomic E-state index is 0.501. The molecule has 0 aromatic rings. The molecular weight excluding hydrogens is 138 g/mol. The van der Waals surface area contributed by atoms with Gasteiger partial charge in [-0.1, -0.05) is 13.8 Å². The van der Waals surface area contributed by atoms with Gasteiger partial charge in [0.2, 0.25) is 0 Å². The highest BCUT2D eigenvalue weighted by Gasteiger charge is 2.16. The minimum Gasteiger partial charge on any atom is -0.381 e. The SMILES string of the molecule is CC.CO[C@@H]1CCN[C@H](C)C1. The highest BCUT2D eigenvalue weighted by Crippen LogP contribution is 2.10. The number of piperidine rings is 1. The molecule has 0 aromatic heterocycles. The molecule has 0 bridgehead atoms. The van der Waals surface area contributed by atoms with Crippen LogP contribution in [-0.2, 0) is 4.74 Å². The van der Waals surface area contributed by atoms with Crippen molar-refractivity contribution < 1.29 is 4.74 Å². The van der Waals surface area contributed by atoms with E-state index in [1.54, 1.807) is 7.11 Å². The van der Waals surface area contributed by atoms with Crippen LogP contribution < -0.4 is 5.32 Å². The van der Waals surface area contributed by atoms with Crippen LogP contribution in [0.2, 0.25) is 0 Å². The zero-order chi connectivity index (χ0) is 8.69. The monoisotopic (exact) mass is 159 g/mol. The lowest BCUT2D eigenvalue weighted by atomic mass is 10.0. The first-order chi connectivity index (χ1) is 5.33. The Morgan fingerprint density at radius 1 is 1.36 bits per heavy atom. The summed E-state index contributed by atoms with van der Waals surface area (Å²) in [6.07, 6.45) is 2.83. The summed E-state index contributed by atoms with van der Waals surface area (Å²) in [7, 11) is 1.79. The van der Waals surface area contributed by atoms with Crippen molar-refractivity contribution in [3.8, 4) is 0 Å². The molecule has 68 valence electrons. The van der Waals surface area contributed by atoms with Gasteiger partial charge in [-0.2, -0.15) is 0 Å². The molecule has 0 saturated carbocycles. The summed E-state index contributed by atoms with van der Waals surface area (Å²) in [5, 5.41) is 3.37. The fourth-order valence-corrected chi connectivity index (χ4v) is 1.30. The van der Waals surface area contributed by atoms with Gasteiger partial charge in [0.25, 0.3) is 0 Å². The highest BCUT2D eigenvalue weighted by atomic mass is 16.5. The van der Waals surface area contributed by atoms with Crippen molar-refractivity contribution in [1.82, 2.24) is 5.32 Å². The molecule has 2 atom stereocenters. The molecule has 2 heteroatoms. The number of hydrogen-bond acceptors (Lipinski definition) is 2. The zero-order valence-electron chi connectivity index (χ0n) is 8.18. The third-order valence-electron chi connectivity index (χ3n) is 1.91. The lowest BCUT2D eigenvalue weighted by Gasteiger charge is -2.26. The van der Waals surface area contributed by atoms with Gasteiger partial charge in [-0.25, -0.2) is 0 Å². The van der Waals surface area contributed by atoms with Crippen LogP contribution in [0.3, 0.4) is 0 Å². The summed E-state index contributed by atoms with van der Waals surface area (Å²) in [4.78, 5) is 0. The molecule has 1 rings (SSSR count). The van der Waals surface area contributed by atoms with E-state index in [2.05, 4.69) is 12.2 Å². The first-order valence-corrected chi connectivity index (χ1v) is 4.59. The van der Waals surface area contributed by atoms with Crippen molar-refractivity contribution in [2.75, 3.05) is 13.7 Å². The Kier molecular flexibility index (Phi) is 6.57. The third kappa shape index (κ3) is 4.38. The highest BCUT2D eigenvalue weighted by molar-refractivity contribution is 4.74. The summed E-state index contributed by atoms with van der Waals surface area (Å²) >= 11 is 0. The van der Waals surface area contributed by atoms with Gasteiger partial charge in [-0.15, -0.1) is 0 Å². The van der Waals surface area contributed by atoms with E-state index in [0.29, 0.717) is 12.1 Å². The Morgan fingerprint density at radius 3 is 2.36 bits per heavy atom. The summed E-state index contributed by atoms with van der Waals surface area (Å²) in [5.74, 6) is 0. The molecule has 1 aliphatic heterocycles. The maximum atomic E-state index is 5.22. The van der Waals surface area contributed by atoms with E-state index in [1.165, 1.54) is 6.42 Å². The molecule has 2 nitrogen and oxygen atoms in total. The summed E-state index contributed by atoms with van der Waals surface area (Å²) in [6, 6.07) is 0.642. The van der Waals surface area contributed by atoms with Gasteiger partial charge in [-0.3, -0.25) is 0 Å². The Balaban J connectivity index is 0.000000461. The van der Waals surface area contributed by atoms with Crippen molar-refractivity contribution >= 4 is 0 Å². The number of hydrogen-bond donors (Lipinski definition) is 1. The molecule has 1 fully saturated rings. The van der Waals surface area contributed by atoms with Crippen LogP contribution in [0.1, 0.15) is 33.6 Å². The number of rotatable bonds is 1. The minimum absolute atomic E-state index is 0.501. The van der Waals surface area contributed by atoms with E-state index in [9.17, 15) is 0 Å². The van der Waals surface area contributed by atoms with Crippen LogP contribution in [-0.4, -0.2) is 25.8 Å². The van der Waals surface area contributed by atoms with Crippen molar-refractivity contribution in [2.45, 2.75) is 45.8 Å². The predicted octanol–water partition coefficient (Wildman–Crippen LogP) is 1.80.